The predicted octanol–water partition coefficient (Wildman–Crippen LogP) is 2.96. The van der Waals surface area contributed by atoms with E-state index in [1.165, 1.54) is 24.7 Å². The highest BCUT2D eigenvalue weighted by Crippen LogP contribution is 2.26. The lowest BCUT2D eigenvalue weighted by molar-refractivity contribution is 0.102. The first-order chi connectivity index (χ1) is 11.6. The number of benzene rings is 1. The number of carbonyl (C=O) groups excluding carboxylic acids is 1. The molecular weight excluding hydrogens is 316 g/mol. The van der Waals surface area contributed by atoms with E-state index in [-0.39, 0.29) is 17.1 Å². The minimum atomic E-state index is -0.721. The van der Waals surface area contributed by atoms with Crippen LogP contribution in [0.5, 0.6) is 0 Å². The molecule has 6 nitrogen and oxygen atoms in total. The van der Waals surface area contributed by atoms with Crippen molar-refractivity contribution in [2.24, 2.45) is 0 Å². The highest BCUT2D eigenvalue weighted by Gasteiger charge is 2.16. The third-order valence-electron chi connectivity index (χ3n) is 3.43. The van der Waals surface area contributed by atoms with Crippen molar-refractivity contribution in [3.63, 3.8) is 0 Å². The molecule has 2 heterocycles. The Labute approximate surface area is 136 Å². The Morgan fingerprint density at radius 3 is 2.75 bits per heavy atom. The summed E-state index contributed by atoms with van der Waals surface area (Å²) in [5.41, 5.74) is 0.809. The molecule has 3 rings (SSSR count). The van der Waals surface area contributed by atoms with E-state index in [0.29, 0.717) is 17.7 Å². The van der Waals surface area contributed by atoms with Gasteiger partial charge >= 0.3 is 0 Å². The highest BCUT2D eigenvalue weighted by atomic mass is 19.1. The molecule has 0 aliphatic carbocycles. The van der Waals surface area contributed by atoms with Crippen LogP contribution in [0.25, 0.3) is 11.3 Å². The van der Waals surface area contributed by atoms with Crippen molar-refractivity contribution >= 4 is 11.7 Å². The Bertz CT molecular complexity index is 873. The first-order valence-electron chi connectivity index (χ1n) is 7.20. The molecular formula is C16H13F2N5O. The van der Waals surface area contributed by atoms with Gasteiger partial charge in [-0.1, -0.05) is 13.0 Å². The number of halogens is 2. The number of H-pyrrole nitrogens is 1. The second-order valence-electron chi connectivity index (χ2n) is 4.95. The number of nitrogens with zero attached hydrogens (tertiary/aromatic N) is 3. The summed E-state index contributed by atoms with van der Waals surface area (Å²) in [6.07, 6.45) is 3.34. The SMILES string of the molecule is CCc1ncncc1C(=O)Nc1cc(-c2c(F)cccc2F)[nH]n1. The van der Waals surface area contributed by atoms with Crippen LogP contribution in [-0.2, 0) is 6.42 Å². The minimum Gasteiger partial charge on any atom is -0.305 e. The van der Waals surface area contributed by atoms with Gasteiger partial charge in [0.05, 0.1) is 22.5 Å². The summed E-state index contributed by atoms with van der Waals surface area (Å²) < 4.78 is 27.6. The third-order valence-corrected chi connectivity index (χ3v) is 3.43. The van der Waals surface area contributed by atoms with Crippen molar-refractivity contribution in [2.75, 3.05) is 5.32 Å². The van der Waals surface area contributed by atoms with E-state index < -0.39 is 17.5 Å². The molecule has 8 heteroatoms. The molecule has 2 aromatic heterocycles. The molecule has 2 N–H and O–H groups in total. The Balaban J connectivity index is 1.85. The molecule has 0 aliphatic rings. The van der Waals surface area contributed by atoms with Gasteiger partial charge in [0.15, 0.2) is 5.82 Å². The van der Waals surface area contributed by atoms with Crippen molar-refractivity contribution in [1.29, 1.82) is 0 Å². The molecule has 122 valence electrons. The largest absolute Gasteiger partial charge is 0.305 e. The number of carbonyl (C=O) groups is 1. The molecule has 3 aromatic rings. The van der Waals surface area contributed by atoms with E-state index in [9.17, 15) is 13.6 Å². The van der Waals surface area contributed by atoms with Gasteiger partial charge in [0.2, 0.25) is 0 Å². The number of aromatic amines is 1. The van der Waals surface area contributed by atoms with E-state index in [1.54, 1.807) is 0 Å². The average molecular weight is 329 g/mol. The molecule has 0 fully saturated rings. The maximum absolute atomic E-state index is 13.8. The summed E-state index contributed by atoms with van der Waals surface area (Å²) >= 11 is 0. The Morgan fingerprint density at radius 2 is 2.04 bits per heavy atom. The molecule has 0 radical (unpaired) electrons. The van der Waals surface area contributed by atoms with E-state index in [1.807, 2.05) is 6.92 Å². The van der Waals surface area contributed by atoms with Gasteiger partial charge in [-0.3, -0.25) is 9.89 Å². The van der Waals surface area contributed by atoms with Crippen molar-refractivity contribution in [2.45, 2.75) is 13.3 Å². The summed E-state index contributed by atoms with van der Waals surface area (Å²) in [6.45, 7) is 1.87. The lowest BCUT2D eigenvalue weighted by atomic mass is 10.1. The number of hydrogen-bond donors (Lipinski definition) is 2. The van der Waals surface area contributed by atoms with Crippen LogP contribution in [0.3, 0.4) is 0 Å². The van der Waals surface area contributed by atoms with Gasteiger partial charge in [-0.2, -0.15) is 5.10 Å². The normalized spacial score (nSPS) is 10.6. The van der Waals surface area contributed by atoms with Crippen LogP contribution in [0, 0.1) is 11.6 Å². The molecule has 0 spiro atoms. The smallest absolute Gasteiger partial charge is 0.260 e. The van der Waals surface area contributed by atoms with Crippen LogP contribution in [0.2, 0.25) is 0 Å². The van der Waals surface area contributed by atoms with Crippen molar-refractivity contribution in [3.8, 4) is 11.3 Å². The quantitative estimate of drug-likeness (QED) is 0.771. The van der Waals surface area contributed by atoms with Gasteiger partial charge in [-0.25, -0.2) is 18.7 Å². The Hall–Kier alpha value is -3.16. The zero-order valence-electron chi connectivity index (χ0n) is 12.7. The summed E-state index contributed by atoms with van der Waals surface area (Å²) in [7, 11) is 0. The number of aryl methyl sites for hydroxylation is 1. The fraction of sp³-hybridized carbons (Fsp3) is 0.125. The molecule has 0 saturated heterocycles. The van der Waals surface area contributed by atoms with Crippen LogP contribution >= 0.6 is 0 Å². The molecule has 1 amide bonds. The van der Waals surface area contributed by atoms with Crippen molar-refractivity contribution < 1.29 is 13.6 Å². The molecule has 0 aliphatic heterocycles. The van der Waals surface area contributed by atoms with Crippen LogP contribution in [0.15, 0.2) is 36.8 Å². The van der Waals surface area contributed by atoms with Gasteiger partial charge in [0.25, 0.3) is 5.91 Å². The van der Waals surface area contributed by atoms with Crippen molar-refractivity contribution in [3.05, 3.63) is 59.7 Å². The zero-order chi connectivity index (χ0) is 17.1. The van der Waals surface area contributed by atoms with Gasteiger partial charge in [-0.15, -0.1) is 0 Å². The highest BCUT2D eigenvalue weighted by molar-refractivity contribution is 6.04. The van der Waals surface area contributed by atoms with Gasteiger partial charge < -0.3 is 5.32 Å². The summed E-state index contributed by atoms with van der Waals surface area (Å²) in [6, 6.07) is 4.92. The number of hydrogen-bond acceptors (Lipinski definition) is 4. The number of rotatable bonds is 4. The fourth-order valence-electron chi connectivity index (χ4n) is 2.28. The molecule has 0 bridgehead atoms. The molecule has 0 saturated carbocycles. The second kappa shape index (κ2) is 6.53. The number of aromatic nitrogens is 4. The van der Waals surface area contributed by atoms with Crippen LogP contribution in [-0.4, -0.2) is 26.1 Å². The Morgan fingerprint density at radius 1 is 1.29 bits per heavy atom. The standard InChI is InChI=1S/C16H13F2N5O/c1-2-12-9(7-19-8-20-12)16(24)21-14-6-13(22-23-14)15-10(17)4-3-5-11(15)18/h3-8H,2H2,1H3,(H2,21,22,23,24). The fourth-order valence-corrected chi connectivity index (χ4v) is 2.28. The van der Waals surface area contributed by atoms with Crippen LogP contribution < -0.4 is 5.32 Å². The van der Waals surface area contributed by atoms with E-state index >= 15 is 0 Å². The van der Waals surface area contributed by atoms with Gasteiger partial charge in [-0.05, 0) is 18.6 Å². The number of amides is 1. The van der Waals surface area contributed by atoms with E-state index in [0.717, 1.165) is 12.1 Å². The second-order valence-corrected chi connectivity index (χ2v) is 4.95. The number of anilines is 1. The average Bonchev–Trinajstić information content (AvgIpc) is 3.02. The molecule has 0 atom stereocenters. The Kier molecular flexibility index (Phi) is 4.28. The molecule has 24 heavy (non-hydrogen) atoms. The summed E-state index contributed by atoms with van der Waals surface area (Å²) in [5.74, 6) is -1.74. The van der Waals surface area contributed by atoms with Crippen molar-refractivity contribution in [1.82, 2.24) is 20.2 Å². The topological polar surface area (TPSA) is 83.6 Å². The van der Waals surface area contributed by atoms with E-state index in [2.05, 4.69) is 25.5 Å². The van der Waals surface area contributed by atoms with Crippen LogP contribution in [0.1, 0.15) is 23.0 Å². The zero-order valence-corrected chi connectivity index (χ0v) is 12.7. The summed E-state index contributed by atoms with van der Waals surface area (Å²) in [5, 5.41) is 8.93. The van der Waals surface area contributed by atoms with Gasteiger partial charge in [0.1, 0.15) is 18.0 Å². The van der Waals surface area contributed by atoms with E-state index in [4.69, 9.17) is 0 Å². The van der Waals surface area contributed by atoms with Gasteiger partial charge in [0, 0.05) is 12.3 Å². The monoisotopic (exact) mass is 329 g/mol. The summed E-state index contributed by atoms with van der Waals surface area (Å²) in [4.78, 5) is 20.1. The maximum atomic E-state index is 13.8. The lowest BCUT2D eigenvalue weighted by Gasteiger charge is -2.05. The third kappa shape index (κ3) is 2.98. The predicted molar refractivity (Wildman–Crippen MR) is 83.3 cm³/mol. The molecule has 0 unspecified atom stereocenters. The first kappa shape index (κ1) is 15.7. The molecule has 1 aromatic carbocycles. The maximum Gasteiger partial charge on any atom is 0.260 e. The minimum absolute atomic E-state index is 0.126. The van der Waals surface area contributed by atoms with Crippen LogP contribution in [0.4, 0.5) is 14.6 Å². The number of nitrogens with one attached hydrogen (secondary N) is 2. The first-order valence-corrected chi connectivity index (χ1v) is 7.20. The lowest BCUT2D eigenvalue weighted by Crippen LogP contribution is -2.15.